The third kappa shape index (κ3) is 3.19. The Morgan fingerprint density at radius 3 is 2.71 bits per heavy atom. The van der Waals surface area contributed by atoms with E-state index in [0.29, 0.717) is 12.0 Å². The summed E-state index contributed by atoms with van der Waals surface area (Å²) in [7, 11) is 0. The Balaban J connectivity index is 2.13. The van der Waals surface area contributed by atoms with Gasteiger partial charge in [0, 0.05) is 18.8 Å². The number of hydrogen-bond donors (Lipinski definition) is 1. The normalized spacial score (nSPS) is 16.9. The van der Waals surface area contributed by atoms with Gasteiger partial charge in [0.15, 0.2) is 5.13 Å². The summed E-state index contributed by atoms with van der Waals surface area (Å²) < 4.78 is 0. The molecule has 1 saturated carbocycles. The van der Waals surface area contributed by atoms with Crippen LogP contribution in [0.15, 0.2) is 6.20 Å². The highest BCUT2D eigenvalue weighted by Gasteiger charge is 2.25. The summed E-state index contributed by atoms with van der Waals surface area (Å²) in [5.41, 5.74) is 0. The van der Waals surface area contributed by atoms with Crippen molar-refractivity contribution in [1.29, 1.82) is 0 Å². The standard InChI is InChI=1S/C13H22N2OS/c1-10(2)8-15(11-5-3-4-6-11)13-14-7-12(9-16)17-13/h7,10-11,16H,3-6,8-9H2,1-2H3. The minimum absolute atomic E-state index is 0.109. The van der Waals surface area contributed by atoms with Crippen LogP contribution in [0.5, 0.6) is 0 Å². The van der Waals surface area contributed by atoms with Crippen LogP contribution in [0.2, 0.25) is 0 Å². The van der Waals surface area contributed by atoms with Crippen LogP contribution in [0.1, 0.15) is 44.4 Å². The Kier molecular flexibility index (Phi) is 4.40. The molecule has 0 aromatic carbocycles. The molecule has 0 unspecified atom stereocenters. The van der Waals surface area contributed by atoms with E-state index in [0.717, 1.165) is 16.6 Å². The zero-order valence-corrected chi connectivity index (χ0v) is 11.5. The molecule has 1 N–H and O–H groups in total. The van der Waals surface area contributed by atoms with Crippen molar-refractivity contribution in [1.82, 2.24) is 4.98 Å². The number of hydrogen-bond acceptors (Lipinski definition) is 4. The topological polar surface area (TPSA) is 36.4 Å². The number of aliphatic hydroxyl groups excluding tert-OH is 1. The predicted molar refractivity (Wildman–Crippen MR) is 72.5 cm³/mol. The van der Waals surface area contributed by atoms with E-state index in [1.807, 2.05) is 6.20 Å². The molecule has 0 spiro atoms. The van der Waals surface area contributed by atoms with E-state index in [2.05, 4.69) is 23.7 Å². The highest BCUT2D eigenvalue weighted by atomic mass is 32.1. The Hall–Kier alpha value is -0.610. The molecule has 0 aliphatic heterocycles. The van der Waals surface area contributed by atoms with Crippen molar-refractivity contribution in [2.24, 2.45) is 5.92 Å². The van der Waals surface area contributed by atoms with E-state index in [-0.39, 0.29) is 6.61 Å². The molecule has 0 radical (unpaired) electrons. The summed E-state index contributed by atoms with van der Waals surface area (Å²) in [4.78, 5) is 7.89. The molecule has 0 saturated heterocycles. The first kappa shape index (κ1) is 12.8. The monoisotopic (exact) mass is 254 g/mol. The highest BCUT2D eigenvalue weighted by molar-refractivity contribution is 7.15. The molecule has 0 bridgehead atoms. The molecule has 1 heterocycles. The van der Waals surface area contributed by atoms with Crippen LogP contribution in [-0.2, 0) is 6.61 Å². The summed E-state index contributed by atoms with van der Waals surface area (Å²) in [6, 6.07) is 0.662. The van der Waals surface area contributed by atoms with Crippen molar-refractivity contribution in [3.63, 3.8) is 0 Å². The van der Waals surface area contributed by atoms with Crippen LogP contribution in [0.3, 0.4) is 0 Å². The summed E-state index contributed by atoms with van der Waals surface area (Å²) in [6.45, 7) is 5.69. The summed E-state index contributed by atoms with van der Waals surface area (Å²) >= 11 is 1.63. The van der Waals surface area contributed by atoms with Gasteiger partial charge in [-0.05, 0) is 18.8 Å². The molecule has 3 nitrogen and oxygen atoms in total. The van der Waals surface area contributed by atoms with Crippen LogP contribution < -0.4 is 4.90 Å². The molecule has 4 heteroatoms. The fraction of sp³-hybridized carbons (Fsp3) is 0.769. The van der Waals surface area contributed by atoms with Crippen LogP contribution in [0.4, 0.5) is 5.13 Å². The number of aliphatic hydroxyl groups is 1. The summed E-state index contributed by atoms with van der Waals surface area (Å²) in [6.07, 6.45) is 7.08. The van der Waals surface area contributed by atoms with Gasteiger partial charge in [-0.3, -0.25) is 0 Å². The van der Waals surface area contributed by atoms with Crippen molar-refractivity contribution >= 4 is 16.5 Å². The van der Waals surface area contributed by atoms with Crippen molar-refractivity contribution in [2.45, 2.75) is 52.2 Å². The molecule has 2 rings (SSSR count). The highest BCUT2D eigenvalue weighted by Crippen LogP contribution is 2.31. The van der Waals surface area contributed by atoms with Crippen molar-refractivity contribution < 1.29 is 5.11 Å². The first-order chi connectivity index (χ1) is 8.20. The quantitative estimate of drug-likeness (QED) is 0.877. The third-order valence-electron chi connectivity index (χ3n) is 3.27. The summed E-state index contributed by atoms with van der Waals surface area (Å²) in [5, 5.41) is 10.2. The molecule has 0 amide bonds. The summed E-state index contributed by atoms with van der Waals surface area (Å²) in [5.74, 6) is 0.650. The van der Waals surface area contributed by atoms with Gasteiger partial charge in [0.25, 0.3) is 0 Å². The minimum Gasteiger partial charge on any atom is -0.391 e. The molecular weight excluding hydrogens is 232 g/mol. The number of anilines is 1. The Labute approximate surface area is 107 Å². The fourth-order valence-electron chi connectivity index (χ4n) is 2.50. The number of nitrogens with zero attached hydrogens (tertiary/aromatic N) is 2. The molecular formula is C13H22N2OS. The molecule has 1 aromatic heterocycles. The van der Waals surface area contributed by atoms with Gasteiger partial charge >= 0.3 is 0 Å². The van der Waals surface area contributed by atoms with Gasteiger partial charge in [0.05, 0.1) is 11.5 Å². The second kappa shape index (κ2) is 5.83. The maximum absolute atomic E-state index is 9.13. The SMILES string of the molecule is CC(C)CN(c1ncc(CO)s1)C1CCCC1. The average molecular weight is 254 g/mol. The van der Waals surface area contributed by atoms with Crippen molar-refractivity contribution in [3.8, 4) is 0 Å². The van der Waals surface area contributed by atoms with E-state index < -0.39 is 0 Å². The first-order valence-electron chi connectivity index (χ1n) is 6.53. The number of aromatic nitrogens is 1. The Morgan fingerprint density at radius 1 is 1.47 bits per heavy atom. The third-order valence-corrected chi connectivity index (χ3v) is 4.29. The number of rotatable bonds is 5. The molecule has 17 heavy (non-hydrogen) atoms. The molecule has 1 fully saturated rings. The fourth-order valence-corrected chi connectivity index (χ4v) is 3.35. The Bertz CT molecular complexity index is 345. The van der Waals surface area contributed by atoms with Gasteiger partial charge < -0.3 is 10.0 Å². The maximum atomic E-state index is 9.13. The van der Waals surface area contributed by atoms with Crippen LogP contribution >= 0.6 is 11.3 Å². The second-order valence-electron chi connectivity index (χ2n) is 5.25. The largest absolute Gasteiger partial charge is 0.391 e. The van der Waals surface area contributed by atoms with Gasteiger partial charge in [-0.1, -0.05) is 38.0 Å². The molecule has 1 aliphatic carbocycles. The average Bonchev–Trinajstić information content (AvgIpc) is 2.97. The van der Waals surface area contributed by atoms with Gasteiger partial charge in [-0.25, -0.2) is 4.98 Å². The van der Waals surface area contributed by atoms with E-state index in [4.69, 9.17) is 5.11 Å². The lowest BCUT2D eigenvalue weighted by Gasteiger charge is -2.30. The molecule has 1 aliphatic rings. The lowest BCUT2D eigenvalue weighted by Crippen LogP contribution is -2.36. The van der Waals surface area contributed by atoms with Gasteiger partial charge in [0.2, 0.25) is 0 Å². The van der Waals surface area contributed by atoms with Gasteiger partial charge in [0.1, 0.15) is 0 Å². The van der Waals surface area contributed by atoms with Gasteiger partial charge in [-0.15, -0.1) is 0 Å². The van der Waals surface area contributed by atoms with Crippen LogP contribution in [-0.4, -0.2) is 22.7 Å². The van der Waals surface area contributed by atoms with Gasteiger partial charge in [-0.2, -0.15) is 0 Å². The van der Waals surface area contributed by atoms with Crippen molar-refractivity contribution in [3.05, 3.63) is 11.1 Å². The molecule has 96 valence electrons. The van der Waals surface area contributed by atoms with E-state index in [1.54, 1.807) is 11.3 Å². The second-order valence-corrected chi connectivity index (χ2v) is 6.35. The van der Waals surface area contributed by atoms with Crippen LogP contribution in [0.25, 0.3) is 0 Å². The zero-order chi connectivity index (χ0) is 12.3. The lowest BCUT2D eigenvalue weighted by atomic mass is 10.1. The Morgan fingerprint density at radius 2 is 2.18 bits per heavy atom. The number of thiazole rings is 1. The molecule has 0 atom stereocenters. The maximum Gasteiger partial charge on any atom is 0.185 e. The first-order valence-corrected chi connectivity index (χ1v) is 7.34. The zero-order valence-electron chi connectivity index (χ0n) is 10.7. The van der Waals surface area contributed by atoms with E-state index in [9.17, 15) is 0 Å². The van der Waals surface area contributed by atoms with E-state index in [1.165, 1.54) is 25.7 Å². The van der Waals surface area contributed by atoms with Crippen LogP contribution in [0, 0.1) is 5.92 Å². The molecule has 1 aromatic rings. The smallest absolute Gasteiger partial charge is 0.185 e. The van der Waals surface area contributed by atoms with E-state index >= 15 is 0 Å². The van der Waals surface area contributed by atoms with Crippen molar-refractivity contribution in [2.75, 3.05) is 11.4 Å². The lowest BCUT2D eigenvalue weighted by molar-refractivity contribution is 0.285. The predicted octanol–water partition coefficient (Wildman–Crippen LogP) is 3.04. The minimum atomic E-state index is 0.109.